The Labute approximate surface area is 175 Å². The number of benzene rings is 1. The van der Waals surface area contributed by atoms with Crippen LogP contribution in [0.3, 0.4) is 0 Å². The van der Waals surface area contributed by atoms with Crippen LogP contribution in [-0.4, -0.2) is 59.5 Å². The fraction of sp³-hybridized carbons (Fsp3) is 0.667. The summed E-state index contributed by atoms with van der Waals surface area (Å²) < 4.78 is 33.0. The molecule has 0 amide bonds. The highest BCUT2D eigenvalue weighted by molar-refractivity contribution is 7.92. The average Bonchev–Trinajstić information content (AvgIpc) is 3.00. The van der Waals surface area contributed by atoms with E-state index >= 15 is 0 Å². The van der Waals surface area contributed by atoms with E-state index in [4.69, 9.17) is 4.74 Å². The highest BCUT2D eigenvalue weighted by atomic mass is 32.2. The van der Waals surface area contributed by atoms with Crippen LogP contribution in [0.15, 0.2) is 29.3 Å². The largest absolute Gasteiger partial charge is 0.376 e. The topological polar surface area (TPSA) is 83.0 Å². The number of sulfonamides is 1. The number of para-hydroxylation sites is 1. The lowest BCUT2D eigenvalue weighted by Crippen LogP contribution is -2.43. The molecule has 0 aromatic heterocycles. The zero-order valence-corrected chi connectivity index (χ0v) is 18.2. The molecule has 0 radical (unpaired) electrons. The number of fused-ring (bicyclic) bond motifs is 1. The Morgan fingerprint density at radius 2 is 1.86 bits per heavy atom. The van der Waals surface area contributed by atoms with E-state index in [-0.39, 0.29) is 5.75 Å². The van der Waals surface area contributed by atoms with Crippen LogP contribution in [0.4, 0.5) is 5.69 Å². The Hall–Kier alpha value is -1.80. The Morgan fingerprint density at radius 3 is 2.62 bits per heavy atom. The maximum Gasteiger partial charge on any atom is 0.236 e. The van der Waals surface area contributed by atoms with Crippen LogP contribution in [0.25, 0.3) is 0 Å². The molecule has 2 aliphatic rings. The van der Waals surface area contributed by atoms with Gasteiger partial charge < -0.3 is 15.4 Å². The van der Waals surface area contributed by atoms with Crippen molar-refractivity contribution in [1.82, 2.24) is 10.6 Å². The number of aliphatic imine (C=N–C) groups is 1. The molecule has 29 heavy (non-hydrogen) atoms. The van der Waals surface area contributed by atoms with Crippen molar-refractivity contribution in [3.8, 4) is 0 Å². The highest BCUT2D eigenvalue weighted by Crippen LogP contribution is 2.29. The molecule has 7 nitrogen and oxygen atoms in total. The van der Waals surface area contributed by atoms with Crippen molar-refractivity contribution in [2.45, 2.75) is 51.0 Å². The summed E-state index contributed by atoms with van der Waals surface area (Å²) in [5.41, 5.74) is 1.90. The maximum atomic E-state index is 12.7. The molecular formula is C21H34N4O3S. The molecule has 1 heterocycles. The van der Waals surface area contributed by atoms with Crippen molar-refractivity contribution in [3.63, 3.8) is 0 Å². The van der Waals surface area contributed by atoms with E-state index < -0.39 is 10.0 Å². The van der Waals surface area contributed by atoms with Crippen molar-refractivity contribution >= 4 is 21.7 Å². The molecule has 1 saturated carbocycles. The van der Waals surface area contributed by atoms with Crippen molar-refractivity contribution < 1.29 is 13.2 Å². The predicted octanol–water partition coefficient (Wildman–Crippen LogP) is 2.28. The van der Waals surface area contributed by atoms with Gasteiger partial charge in [0.1, 0.15) is 0 Å². The van der Waals surface area contributed by atoms with Gasteiger partial charge in [0.05, 0.1) is 24.2 Å². The second kappa shape index (κ2) is 10.8. The minimum absolute atomic E-state index is 0.0284. The normalized spacial score (nSPS) is 18.4. The summed E-state index contributed by atoms with van der Waals surface area (Å²) >= 11 is 0. The molecule has 8 heteroatoms. The van der Waals surface area contributed by atoms with Crippen LogP contribution in [0.5, 0.6) is 0 Å². The number of hydrogen-bond acceptors (Lipinski definition) is 4. The van der Waals surface area contributed by atoms with Crippen LogP contribution in [0.2, 0.25) is 0 Å². The van der Waals surface area contributed by atoms with Gasteiger partial charge in [-0.2, -0.15) is 0 Å². The molecule has 0 saturated heterocycles. The second-order valence-corrected chi connectivity index (χ2v) is 9.69. The quantitative estimate of drug-likeness (QED) is 0.291. The van der Waals surface area contributed by atoms with E-state index in [1.54, 1.807) is 7.05 Å². The van der Waals surface area contributed by atoms with Gasteiger partial charge in [-0.1, -0.05) is 43.9 Å². The summed E-state index contributed by atoms with van der Waals surface area (Å²) in [5, 5.41) is 6.30. The third-order valence-electron chi connectivity index (χ3n) is 5.61. The standard InChI is InChI=1S/C21H34N4O3S/c1-22-21(23-13-16-28-19-9-4-2-3-5-10-19)24-14-17-29(26,27)25-15-12-18-8-6-7-11-20(18)25/h6-8,11,19H,2-5,9-10,12-17H2,1H3,(H2,22,23,24). The minimum Gasteiger partial charge on any atom is -0.376 e. The Morgan fingerprint density at radius 1 is 1.14 bits per heavy atom. The monoisotopic (exact) mass is 422 g/mol. The van der Waals surface area contributed by atoms with Gasteiger partial charge in [0.2, 0.25) is 10.0 Å². The first-order chi connectivity index (χ1) is 14.1. The van der Waals surface area contributed by atoms with Crippen molar-refractivity contribution in [3.05, 3.63) is 29.8 Å². The van der Waals surface area contributed by atoms with E-state index in [0.717, 1.165) is 30.5 Å². The molecule has 1 aromatic rings. The number of nitrogens with one attached hydrogen (secondary N) is 2. The molecule has 0 atom stereocenters. The van der Waals surface area contributed by atoms with E-state index in [1.807, 2.05) is 24.3 Å². The molecular weight excluding hydrogens is 388 g/mol. The van der Waals surface area contributed by atoms with Gasteiger partial charge in [-0.3, -0.25) is 9.30 Å². The third kappa shape index (κ3) is 6.34. The number of rotatable bonds is 8. The second-order valence-electron chi connectivity index (χ2n) is 7.68. The van der Waals surface area contributed by atoms with Crippen molar-refractivity contribution in [1.29, 1.82) is 0 Å². The fourth-order valence-electron chi connectivity index (χ4n) is 4.03. The van der Waals surface area contributed by atoms with Crippen LogP contribution in [0, 0.1) is 0 Å². The molecule has 0 spiro atoms. The van der Waals surface area contributed by atoms with Crippen molar-refractivity contribution in [2.24, 2.45) is 4.99 Å². The smallest absolute Gasteiger partial charge is 0.236 e. The van der Waals surface area contributed by atoms with Gasteiger partial charge in [-0.15, -0.1) is 0 Å². The fourth-order valence-corrected chi connectivity index (χ4v) is 5.46. The lowest BCUT2D eigenvalue weighted by molar-refractivity contribution is 0.0468. The summed E-state index contributed by atoms with van der Waals surface area (Å²) in [6.07, 6.45) is 8.63. The molecule has 0 bridgehead atoms. The first-order valence-electron chi connectivity index (χ1n) is 10.7. The summed E-state index contributed by atoms with van der Waals surface area (Å²) in [7, 11) is -1.67. The number of guanidine groups is 1. The average molecular weight is 423 g/mol. The van der Waals surface area contributed by atoms with Crippen LogP contribution in [-0.2, 0) is 21.2 Å². The molecule has 3 rings (SSSR count). The summed E-state index contributed by atoms with van der Waals surface area (Å²) in [4.78, 5) is 4.17. The van der Waals surface area contributed by atoms with Gasteiger partial charge in [0, 0.05) is 26.7 Å². The SMILES string of the molecule is CN=C(NCCOC1CCCCCC1)NCCS(=O)(=O)N1CCc2ccccc21. The van der Waals surface area contributed by atoms with Gasteiger partial charge in [0.15, 0.2) is 5.96 Å². The van der Waals surface area contributed by atoms with Crippen molar-refractivity contribution in [2.75, 3.05) is 43.3 Å². The molecule has 1 aromatic carbocycles. The number of anilines is 1. The van der Waals surface area contributed by atoms with Crippen LogP contribution < -0.4 is 14.9 Å². The third-order valence-corrected chi connectivity index (χ3v) is 7.38. The van der Waals surface area contributed by atoms with E-state index in [9.17, 15) is 8.42 Å². The van der Waals surface area contributed by atoms with Gasteiger partial charge in [-0.05, 0) is 30.9 Å². The molecule has 2 N–H and O–H groups in total. The highest BCUT2D eigenvalue weighted by Gasteiger charge is 2.28. The lowest BCUT2D eigenvalue weighted by atomic mass is 10.1. The molecule has 1 aliphatic heterocycles. The zero-order valence-electron chi connectivity index (χ0n) is 17.4. The van der Waals surface area contributed by atoms with Gasteiger partial charge in [0.25, 0.3) is 0 Å². The molecule has 1 aliphatic carbocycles. The summed E-state index contributed by atoms with van der Waals surface area (Å²) in [6, 6.07) is 7.70. The van der Waals surface area contributed by atoms with Gasteiger partial charge in [-0.25, -0.2) is 8.42 Å². The molecule has 1 fully saturated rings. The van der Waals surface area contributed by atoms with E-state index in [0.29, 0.717) is 38.3 Å². The minimum atomic E-state index is -3.36. The number of hydrogen-bond donors (Lipinski definition) is 2. The zero-order chi connectivity index (χ0) is 20.5. The van der Waals surface area contributed by atoms with Crippen LogP contribution in [0.1, 0.15) is 44.1 Å². The Balaban J connectivity index is 1.37. The maximum absolute atomic E-state index is 12.7. The molecule has 0 unspecified atom stereocenters. The Bertz CT molecular complexity index is 774. The lowest BCUT2D eigenvalue weighted by Gasteiger charge is -2.20. The number of ether oxygens (including phenoxy) is 1. The van der Waals surface area contributed by atoms with E-state index in [1.165, 1.54) is 30.0 Å². The first-order valence-corrected chi connectivity index (χ1v) is 12.4. The first kappa shape index (κ1) is 21.9. The predicted molar refractivity (Wildman–Crippen MR) is 118 cm³/mol. The molecule has 162 valence electrons. The van der Waals surface area contributed by atoms with E-state index in [2.05, 4.69) is 15.6 Å². The number of nitrogens with zero attached hydrogens (tertiary/aromatic N) is 2. The summed E-state index contributed by atoms with van der Waals surface area (Å²) in [5.74, 6) is 0.632. The Kier molecular flexibility index (Phi) is 8.18. The summed E-state index contributed by atoms with van der Waals surface area (Å²) in [6.45, 7) is 2.12. The van der Waals surface area contributed by atoms with Crippen LogP contribution >= 0.6 is 0 Å². The van der Waals surface area contributed by atoms with Gasteiger partial charge >= 0.3 is 0 Å².